The molecule has 3 aromatic rings. The van der Waals surface area contributed by atoms with E-state index in [4.69, 9.17) is 0 Å². The number of hydrogen-bond acceptors (Lipinski definition) is 5. The largest absolute Gasteiger partial charge is 0.416 e. The number of benzene rings is 2. The van der Waals surface area contributed by atoms with Crippen LogP contribution in [0.25, 0.3) is 0 Å². The zero-order valence-corrected chi connectivity index (χ0v) is 18.6. The predicted molar refractivity (Wildman–Crippen MR) is 124 cm³/mol. The predicted octanol–water partition coefficient (Wildman–Crippen LogP) is 5.13. The van der Waals surface area contributed by atoms with E-state index < -0.39 is 28.4 Å². The molecule has 0 bridgehead atoms. The van der Waals surface area contributed by atoms with Crippen LogP contribution >= 0.6 is 0 Å². The van der Waals surface area contributed by atoms with Crippen LogP contribution in [0.2, 0.25) is 0 Å². The van der Waals surface area contributed by atoms with Gasteiger partial charge in [-0.15, -0.1) is 0 Å². The summed E-state index contributed by atoms with van der Waals surface area (Å²) in [5.74, 6) is -0.499. The highest BCUT2D eigenvalue weighted by Gasteiger charge is 2.35. The third-order valence-electron chi connectivity index (χ3n) is 6.11. The topological polar surface area (TPSA) is 88.4 Å². The zero-order chi connectivity index (χ0) is 25.0. The van der Waals surface area contributed by atoms with Crippen LogP contribution in [-0.2, 0) is 11.0 Å². The zero-order valence-electron chi connectivity index (χ0n) is 18.6. The smallest absolute Gasteiger partial charge is 0.366 e. The maximum Gasteiger partial charge on any atom is 0.416 e. The van der Waals surface area contributed by atoms with Crippen LogP contribution in [0, 0.1) is 16.0 Å². The standard InChI is InChI=1S/C25H23F3N4O3/c26-25(27,28)19-9-10-21(22(16-19)32(34)35)31-14-11-18(12-15-31)24(33)30-23(17-6-2-1-3-7-17)20-8-4-5-13-29-20/h1-10,13,16,18,23H,11-12,14-15H2,(H,30,33). The van der Waals surface area contributed by atoms with E-state index in [1.807, 2.05) is 42.5 Å². The van der Waals surface area contributed by atoms with Crippen molar-refractivity contribution in [3.63, 3.8) is 0 Å². The number of halogens is 3. The van der Waals surface area contributed by atoms with Crippen molar-refractivity contribution in [3.05, 3.63) is 99.9 Å². The number of nitro benzene ring substituents is 1. The first kappa shape index (κ1) is 24.2. The van der Waals surface area contributed by atoms with E-state index >= 15 is 0 Å². The van der Waals surface area contributed by atoms with Gasteiger partial charge in [0.1, 0.15) is 5.69 Å². The van der Waals surface area contributed by atoms with Crippen LogP contribution in [0.5, 0.6) is 0 Å². The number of hydrogen-bond donors (Lipinski definition) is 1. The Morgan fingerprint density at radius 3 is 2.34 bits per heavy atom. The van der Waals surface area contributed by atoms with E-state index in [2.05, 4.69) is 10.3 Å². The van der Waals surface area contributed by atoms with Gasteiger partial charge >= 0.3 is 6.18 Å². The van der Waals surface area contributed by atoms with Crippen LogP contribution < -0.4 is 10.2 Å². The van der Waals surface area contributed by atoms with Gasteiger partial charge in [-0.2, -0.15) is 13.2 Å². The summed E-state index contributed by atoms with van der Waals surface area (Å²) in [5.41, 5.74) is 0.0467. The van der Waals surface area contributed by atoms with Crippen molar-refractivity contribution >= 4 is 17.3 Å². The Bertz CT molecular complexity index is 1140. The molecule has 2 heterocycles. The Kier molecular flexibility index (Phi) is 6.99. The van der Waals surface area contributed by atoms with Gasteiger partial charge in [0.15, 0.2) is 0 Å². The molecule has 0 saturated carbocycles. The molecule has 0 spiro atoms. The van der Waals surface area contributed by atoms with Crippen LogP contribution in [0.1, 0.15) is 35.7 Å². The first-order chi connectivity index (χ1) is 16.7. The van der Waals surface area contributed by atoms with Crippen LogP contribution in [0.4, 0.5) is 24.5 Å². The first-order valence-corrected chi connectivity index (χ1v) is 11.1. The molecule has 4 rings (SSSR count). The Hall–Kier alpha value is -3.95. The van der Waals surface area contributed by atoms with E-state index in [1.165, 1.54) is 0 Å². The molecule has 35 heavy (non-hydrogen) atoms. The maximum absolute atomic E-state index is 13.1. The minimum absolute atomic E-state index is 0.123. The molecule has 182 valence electrons. The van der Waals surface area contributed by atoms with Crippen molar-refractivity contribution in [2.75, 3.05) is 18.0 Å². The van der Waals surface area contributed by atoms with Gasteiger partial charge in [-0.25, -0.2) is 0 Å². The molecular weight excluding hydrogens is 461 g/mol. The lowest BCUT2D eigenvalue weighted by molar-refractivity contribution is -0.384. The minimum Gasteiger partial charge on any atom is -0.366 e. The molecule has 2 aromatic carbocycles. The van der Waals surface area contributed by atoms with Gasteiger partial charge in [-0.3, -0.25) is 19.9 Å². The highest BCUT2D eigenvalue weighted by atomic mass is 19.4. The lowest BCUT2D eigenvalue weighted by Gasteiger charge is -2.33. The highest BCUT2D eigenvalue weighted by molar-refractivity contribution is 5.80. The number of rotatable bonds is 6. The molecule has 1 aliphatic rings. The molecule has 1 aliphatic heterocycles. The van der Waals surface area contributed by atoms with Gasteiger partial charge in [-0.1, -0.05) is 36.4 Å². The molecule has 10 heteroatoms. The third-order valence-corrected chi connectivity index (χ3v) is 6.11. The minimum atomic E-state index is -4.67. The summed E-state index contributed by atoms with van der Waals surface area (Å²) in [7, 11) is 0. The number of nitro groups is 1. The number of aromatic nitrogens is 1. The van der Waals surface area contributed by atoms with Crippen molar-refractivity contribution in [3.8, 4) is 0 Å². The number of alkyl halides is 3. The molecular formula is C25H23F3N4O3. The van der Waals surface area contributed by atoms with Crippen molar-refractivity contribution in [1.82, 2.24) is 10.3 Å². The van der Waals surface area contributed by atoms with Crippen molar-refractivity contribution in [1.29, 1.82) is 0 Å². The number of carbonyl (C=O) groups excluding carboxylic acids is 1. The fourth-order valence-corrected chi connectivity index (χ4v) is 4.28. The average Bonchev–Trinajstić information content (AvgIpc) is 2.87. The van der Waals surface area contributed by atoms with Crippen molar-refractivity contribution in [2.45, 2.75) is 25.1 Å². The number of piperidine rings is 1. The fourth-order valence-electron chi connectivity index (χ4n) is 4.28. The molecule has 1 saturated heterocycles. The highest BCUT2D eigenvalue weighted by Crippen LogP contribution is 2.37. The van der Waals surface area contributed by atoms with E-state index in [1.54, 1.807) is 17.2 Å². The summed E-state index contributed by atoms with van der Waals surface area (Å²) >= 11 is 0. The van der Waals surface area contributed by atoms with Crippen LogP contribution in [0.3, 0.4) is 0 Å². The maximum atomic E-state index is 13.1. The Morgan fingerprint density at radius 1 is 1.06 bits per heavy atom. The Morgan fingerprint density at radius 2 is 1.74 bits per heavy atom. The number of amides is 1. The summed E-state index contributed by atoms with van der Waals surface area (Å²) in [6.45, 7) is 0.619. The summed E-state index contributed by atoms with van der Waals surface area (Å²) in [6, 6.07) is 17.1. The molecule has 1 N–H and O–H groups in total. The van der Waals surface area contributed by atoms with E-state index in [0.29, 0.717) is 37.7 Å². The van der Waals surface area contributed by atoms with Gasteiger partial charge in [0.2, 0.25) is 5.91 Å². The summed E-state index contributed by atoms with van der Waals surface area (Å²) < 4.78 is 39.0. The normalized spacial score (nSPS) is 15.5. The monoisotopic (exact) mass is 484 g/mol. The molecule has 0 aliphatic carbocycles. The summed E-state index contributed by atoms with van der Waals surface area (Å²) in [6.07, 6.45) is -2.19. The molecule has 0 radical (unpaired) electrons. The molecule has 1 atom stereocenters. The Balaban J connectivity index is 1.47. The molecule has 1 unspecified atom stereocenters. The fraction of sp³-hybridized carbons (Fsp3) is 0.280. The van der Waals surface area contributed by atoms with Crippen LogP contribution in [-0.4, -0.2) is 28.9 Å². The number of nitrogens with zero attached hydrogens (tertiary/aromatic N) is 3. The van der Waals surface area contributed by atoms with Crippen LogP contribution in [0.15, 0.2) is 72.9 Å². The van der Waals surface area contributed by atoms with Crippen molar-refractivity contribution in [2.24, 2.45) is 5.92 Å². The van der Waals surface area contributed by atoms with E-state index in [9.17, 15) is 28.1 Å². The van der Waals surface area contributed by atoms with Gasteiger partial charge < -0.3 is 10.2 Å². The van der Waals surface area contributed by atoms with Gasteiger partial charge in [-0.05, 0) is 42.7 Å². The van der Waals surface area contributed by atoms with Gasteiger partial charge in [0.05, 0.1) is 22.2 Å². The number of pyridine rings is 1. The Labute approximate surface area is 199 Å². The second-order valence-corrected chi connectivity index (χ2v) is 8.33. The quantitative estimate of drug-likeness (QED) is 0.387. The molecule has 1 amide bonds. The van der Waals surface area contributed by atoms with E-state index in [0.717, 1.165) is 17.7 Å². The first-order valence-electron chi connectivity index (χ1n) is 11.1. The SMILES string of the molecule is O=C(NC(c1ccccc1)c1ccccn1)C1CCN(c2ccc(C(F)(F)F)cc2[N+](=O)[O-])CC1. The molecule has 1 fully saturated rings. The average molecular weight is 484 g/mol. The number of anilines is 1. The van der Waals surface area contributed by atoms with E-state index in [-0.39, 0.29) is 17.5 Å². The van der Waals surface area contributed by atoms with Crippen molar-refractivity contribution < 1.29 is 22.9 Å². The number of carbonyl (C=O) groups is 1. The summed E-state index contributed by atoms with van der Waals surface area (Å²) in [5, 5.41) is 14.5. The second-order valence-electron chi connectivity index (χ2n) is 8.33. The van der Waals surface area contributed by atoms with Gasteiger partial charge in [0, 0.05) is 31.3 Å². The lowest BCUT2D eigenvalue weighted by atomic mass is 9.94. The molecule has 1 aromatic heterocycles. The lowest BCUT2D eigenvalue weighted by Crippen LogP contribution is -2.42. The number of nitrogens with one attached hydrogen (secondary N) is 1. The second kappa shape index (κ2) is 10.1. The summed E-state index contributed by atoms with van der Waals surface area (Å²) in [4.78, 5) is 29.8. The molecule has 7 nitrogen and oxygen atoms in total. The van der Waals surface area contributed by atoms with Gasteiger partial charge in [0.25, 0.3) is 5.69 Å². The third kappa shape index (κ3) is 5.59.